The molecular formula is C14H17N5O3. The molecule has 2 aromatic rings. The van der Waals surface area contributed by atoms with Crippen molar-refractivity contribution in [3.8, 4) is 34.7 Å². The zero-order valence-electron chi connectivity index (χ0n) is 12.7. The normalized spacial score (nSPS) is 10.1. The zero-order valence-corrected chi connectivity index (χ0v) is 12.7. The number of tetrazole rings is 1. The van der Waals surface area contributed by atoms with Gasteiger partial charge in [-0.15, -0.1) is 10.2 Å². The number of rotatable bonds is 7. The van der Waals surface area contributed by atoms with E-state index in [0.717, 1.165) is 0 Å². The van der Waals surface area contributed by atoms with Gasteiger partial charge in [0.05, 0.1) is 33.9 Å². The van der Waals surface area contributed by atoms with E-state index >= 15 is 0 Å². The Kier molecular flexibility index (Phi) is 5.14. The second-order valence-electron chi connectivity index (χ2n) is 4.38. The van der Waals surface area contributed by atoms with Crippen LogP contribution >= 0.6 is 0 Å². The Hall–Kier alpha value is -2.82. The second-order valence-corrected chi connectivity index (χ2v) is 4.38. The van der Waals surface area contributed by atoms with Gasteiger partial charge in [0, 0.05) is 12.0 Å². The van der Waals surface area contributed by atoms with E-state index < -0.39 is 0 Å². The van der Waals surface area contributed by atoms with Crippen LogP contribution in [0.15, 0.2) is 12.1 Å². The van der Waals surface area contributed by atoms with Crippen molar-refractivity contribution in [3.05, 3.63) is 12.1 Å². The first-order chi connectivity index (χ1) is 10.7. The molecular weight excluding hydrogens is 286 g/mol. The molecule has 8 heteroatoms. The van der Waals surface area contributed by atoms with E-state index in [2.05, 4.69) is 21.5 Å². The first-order valence-electron chi connectivity index (χ1n) is 6.68. The van der Waals surface area contributed by atoms with Gasteiger partial charge in [-0.3, -0.25) is 0 Å². The van der Waals surface area contributed by atoms with E-state index in [0.29, 0.717) is 48.0 Å². The van der Waals surface area contributed by atoms with Crippen LogP contribution in [0, 0.1) is 11.3 Å². The number of hydrogen-bond donors (Lipinski definition) is 0. The van der Waals surface area contributed by atoms with E-state index in [-0.39, 0.29) is 0 Å². The molecule has 0 atom stereocenters. The number of nitrogens with zero attached hydrogens (tertiary/aromatic N) is 5. The number of aromatic nitrogens is 4. The summed E-state index contributed by atoms with van der Waals surface area (Å²) in [5, 5.41) is 20.8. The molecule has 0 fully saturated rings. The Morgan fingerprint density at radius 3 is 2.36 bits per heavy atom. The lowest BCUT2D eigenvalue weighted by atomic mass is 10.1. The molecule has 1 heterocycles. The van der Waals surface area contributed by atoms with Crippen LogP contribution in [0.5, 0.6) is 17.2 Å². The Morgan fingerprint density at radius 1 is 1.14 bits per heavy atom. The van der Waals surface area contributed by atoms with E-state index in [9.17, 15) is 0 Å². The quantitative estimate of drug-likeness (QED) is 0.718. The number of nitriles is 1. The van der Waals surface area contributed by atoms with Crippen LogP contribution in [0.4, 0.5) is 0 Å². The van der Waals surface area contributed by atoms with E-state index in [1.54, 1.807) is 33.5 Å². The van der Waals surface area contributed by atoms with Crippen molar-refractivity contribution in [1.29, 1.82) is 5.26 Å². The summed E-state index contributed by atoms with van der Waals surface area (Å²) in [7, 11) is 4.64. The van der Waals surface area contributed by atoms with Gasteiger partial charge >= 0.3 is 0 Å². The highest BCUT2D eigenvalue weighted by atomic mass is 16.5. The van der Waals surface area contributed by atoms with Crippen LogP contribution in [-0.4, -0.2) is 41.5 Å². The fraction of sp³-hybridized carbons (Fsp3) is 0.429. The van der Waals surface area contributed by atoms with E-state index in [1.807, 2.05) is 0 Å². The maximum Gasteiger partial charge on any atom is 0.205 e. The number of ether oxygens (including phenoxy) is 3. The van der Waals surface area contributed by atoms with Gasteiger partial charge in [-0.25, -0.2) is 0 Å². The highest BCUT2D eigenvalue weighted by Gasteiger charge is 2.16. The number of methoxy groups -OCH3 is 3. The fourth-order valence-corrected chi connectivity index (χ4v) is 1.96. The number of hydrogen-bond acceptors (Lipinski definition) is 7. The maximum absolute atomic E-state index is 8.54. The van der Waals surface area contributed by atoms with E-state index in [4.69, 9.17) is 19.5 Å². The standard InChI is InChI=1S/C14H17N5O3/c1-20-11-8-10(9-12(21-2)13(11)22-3)14-16-18-19(17-14)7-5-4-6-15/h8-9H,4-5,7H2,1-3H3. The summed E-state index contributed by atoms with van der Waals surface area (Å²) in [6.07, 6.45) is 1.14. The average molecular weight is 303 g/mol. The Labute approximate surface area is 128 Å². The summed E-state index contributed by atoms with van der Waals surface area (Å²) < 4.78 is 15.9. The van der Waals surface area contributed by atoms with Crippen molar-refractivity contribution >= 4 is 0 Å². The van der Waals surface area contributed by atoms with Crippen molar-refractivity contribution in [1.82, 2.24) is 20.2 Å². The first kappa shape index (κ1) is 15.6. The van der Waals surface area contributed by atoms with Crippen molar-refractivity contribution < 1.29 is 14.2 Å². The van der Waals surface area contributed by atoms with Gasteiger partial charge in [-0.1, -0.05) is 0 Å². The minimum Gasteiger partial charge on any atom is -0.493 e. The van der Waals surface area contributed by atoms with Crippen LogP contribution in [0.25, 0.3) is 11.4 Å². The third-order valence-electron chi connectivity index (χ3n) is 3.02. The Morgan fingerprint density at radius 2 is 1.82 bits per heavy atom. The molecule has 0 unspecified atom stereocenters. The molecule has 0 aliphatic rings. The topological polar surface area (TPSA) is 95.1 Å². The second kappa shape index (κ2) is 7.26. The third-order valence-corrected chi connectivity index (χ3v) is 3.02. The lowest BCUT2D eigenvalue weighted by Crippen LogP contribution is -2.02. The molecule has 0 amide bonds. The first-order valence-corrected chi connectivity index (χ1v) is 6.68. The average Bonchev–Trinajstić information content (AvgIpc) is 3.02. The molecule has 116 valence electrons. The molecule has 0 saturated heterocycles. The highest BCUT2D eigenvalue weighted by Crippen LogP contribution is 2.40. The third kappa shape index (κ3) is 3.25. The largest absolute Gasteiger partial charge is 0.493 e. The molecule has 8 nitrogen and oxygen atoms in total. The predicted octanol–water partition coefficient (Wildman–Crippen LogP) is 1.67. The van der Waals surface area contributed by atoms with Gasteiger partial charge in [0.15, 0.2) is 11.5 Å². The summed E-state index contributed by atoms with van der Waals surface area (Å²) in [6.45, 7) is 0.547. The van der Waals surface area contributed by atoms with Crippen LogP contribution in [-0.2, 0) is 6.54 Å². The van der Waals surface area contributed by atoms with Crippen LogP contribution < -0.4 is 14.2 Å². The molecule has 2 rings (SSSR count). The summed E-state index contributed by atoms with van der Waals surface area (Å²) in [5.41, 5.74) is 0.709. The van der Waals surface area contributed by atoms with Gasteiger partial charge < -0.3 is 14.2 Å². The predicted molar refractivity (Wildman–Crippen MR) is 77.8 cm³/mol. The zero-order chi connectivity index (χ0) is 15.9. The number of benzene rings is 1. The van der Waals surface area contributed by atoms with Crippen LogP contribution in [0.3, 0.4) is 0 Å². The number of unbranched alkanes of at least 4 members (excludes halogenated alkanes) is 1. The molecule has 0 saturated carbocycles. The van der Waals surface area contributed by atoms with Crippen LogP contribution in [0.1, 0.15) is 12.8 Å². The SMILES string of the molecule is COc1cc(-c2nnn(CCCC#N)n2)cc(OC)c1OC. The molecule has 0 radical (unpaired) electrons. The van der Waals surface area contributed by atoms with Crippen molar-refractivity contribution in [2.24, 2.45) is 0 Å². The molecule has 0 aliphatic carbocycles. The van der Waals surface area contributed by atoms with Gasteiger partial charge in [-0.2, -0.15) is 10.1 Å². The molecule has 1 aromatic carbocycles. The summed E-state index contributed by atoms with van der Waals surface area (Å²) in [5.74, 6) is 2.02. The van der Waals surface area contributed by atoms with Crippen molar-refractivity contribution in [3.63, 3.8) is 0 Å². The van der Waals surface area contributed by atoms with Crippen LogP contribution in [0.2, 0.25) is 0 Å². The lowest BCUT2D eigenvalue weighted by molar-refractivity contribution is 0.324. The molecule has 0 spiro atoms. The summed E-state index contributed by atoms with van der Waals surface area (Å²) in [4.78, 5) is 1.47. The molecule has 1 aromatic heterocycles. The summed E-state index contributed by atoms with van der Waals surface area (Å²) >= 11 is 0. The van der Waals surface area contributed by atoms with Crippen molar-refractivity contribution in [2.45, 2.75) is 19.4 Å². The minimum absolute atomic E-state index is 0.455. The van der Waals surface area contributed by atoms with Gasteiger partial charge in [-0.05, 0) is 23.8 Å². The smallest absolute Gasteiger partial charge is 0.205 e. The maximum atomic E-state index is 8.54. The molecule has 0 aliphatic heterocycles. The lowest BCUT2D eigenvalue weighted by Gasteiger charge is -2.12. The van der Waals surface area contributed by atoms with Gasteiger partial charge in [0.2, 0.25) is 11.6 Å². The van der Waals surface area contributed by atoms with Gasteiger partial charge in [0.25, 0.3) is 0 Å². The van der Waals surface area contributed by atoms with Gasteiger partial charge in [0.1, 0.15) is 0 Å². The molecule has 0 bridgehead atoms. The Bertz CT molecular complexity index is 652. The highest BCUT2D eigenvalue weighted by molar-refractivity contribution is 5.66. The molecule has 0 N–H and O–H groups in total. The summed E-state index contributed by atoms with van der Waals surface area (Å²) in [6, 6.07) is 5.61. The number of aryl methyl sites for hydroxylation is 1. The monoisotopic (exact) mass is 303 g/mol. The van der Waals surface area contributed by atoms with Crippen molar-refractivity contribution in [2.75, 3.05) is 21.3 Å². The molecule has 22 heavy (non-hydrogen) atoms. The minimum atomic E-state index is 0.455. The fourth-order valence-electron chi connectivity index (χ4n) is 1.96. The van der Waals surface area contributed by atoms with E-state index in [1.165, 1.54) is 4.80 Å². The Balaban J connectivity index is 2.30.